The molecule has 0 atom stereocenters. The SMILES string of the molecule is CCC1(CNc2ncnc3c2CCCC3)CCC1. The van der Waals surface area contributed by atoms with E-state index in [0.717, 1.165) is 25.2 Å². The fraction of sp³-hybridized carbons (Fsp3) is 0.733. The van der Waals surface area contributed by atoms with Gasteiger partial charge in [-0.1, -0.05) is 13.3 Å². The number of aryl methyl sites for hydroxylation is 1. The van der Waals surface area contributed by atoms with Gasteiger partial charge in [-0.3, -0.25) is 0 Å². The molecule has 3 rings (SSSR count). The molecule has 1 aromatic heterocycles. The van der Waals surface area contributed by atoms with Gasteiger partial charge in [0.15, 0.2) is 0 Å². The summed E-state index contributed by atoms with van der Waals surface area (Å²) in [7, 11) is 0. The van der Waals surface area contributed by atoms with E-state index in [9.17, 15) is 0 Å². The summed E-state index contributed by atoms with van der Waals surface area (Å²) >= 11 is 0. The van der Waals surface area contributed by atoms with Crippen LogP contribution >= 0.6 is 0 Å². The first-order valence-electron chi connectivity index (χ1n) is 7.40. The van der Waals surface area contributed by atoms with Crippen LogP contribution in [0, 0.1) is 5.41 Å². The topological polar surface area (TPSA) is 37.8 Å². The van der Waals surface area contributed by atoms with E-state index in [2.05, 4.69) is 22.2 Å². The zero-order valence-electron chi connectivity index (χ0n) is 11.3. The Hall–Kier alpha value is -1.12. The standard InChI is InChI=1S/C15H23N3/c1-2-15(8-5-9-15)10-16-14-12-6-3-4-7-13(12)17-11-18-14/h11H,2-10H2,1H3,(H,16,17,18). The lowest BCUT2D eigenvalue weighted by molar-refractivity contribution is 0.145. The lowest BCUT2D eigenvalue weighted by Crippen LogP contribution is -2.36. The van der Waals surface area contributed by atoms with E-state index >= 15 is 0 Å². The van der Waals surface area contributed by atoms with Crippen molar-refractivity contribution in [1.82, 2.24) is 9.97 Å². The lowest BCUT2D eigenvalue weighted by atomic mass is 9.67. The Kier molecular flexibility index (Phi) is 3.23. The second-order valence-corrected chi connectivity index (χ2v) is 5.92. The van der Waals surface area contributed by atoms with Crippen molar-refractivity contribution in [3.8, 4) is 0 Å². The van der Waals surface area contributed by atoms with E-state index in [1.807, 2.05) is 0 Å². The van der Waals surface area contributed by atoms with Crippen molar-refractivity contribution >= 4 is 5.82 Å². The maximum atomic E-state index is 4.47. The fourth-order valence-electron chi connectivity index (χ4n) is 3.28. The molecule has 98 valence electrons. The largest absolute Gasteiger partial charge is 0.369 e. The number of anilines is 1. The van der Waals surface area contributed by atoms with E-state index in [4.69, 9.17) is 0 Å². The maximum Gasteiger partial charge on any atom is 0.132 e. The molecule has 3 heteroatoms. The van der Waals surface area contributed by atoms with Crippen molar-refractivity contribution < 1.29 is 0 Å². The first-order valence-corrected chi connectivity index (χ1v) is 7.40. The number of nitrogens with zero attached hydrogens (tertiary/aromatic N) is 2. The predicted molar refractivity (Wildman–Crippen MR) is 73.7 cm³/mol. The molecule has 18 heavy (non-hydrogen) atoms. The van der Waals surface area contributed by atoms with Crippen molar-refractivity contribution in [1.29, 1.82) is 0 Å². The van der Waals surface area contributed by atoms with Gasteiger partial charge in [0.2, 0.25) is 0 Å². The summed E-state index contributed by atoms with van der Waals surface area (Å²) in [5.74, 6) is 1.11. The van der Waals surface area contributed by atoms with Crippen LogP contribution in [0.3, 0.4) is 0 Å². The number of hydrogen-bond donors (Lipinski definition) is 1. The van der Waals surface area contributed by atoms with E-state index in [-0.39, 0.29) is 0 Å². The highest BCUT2D eigenvalue weighted by atomic mass is 15.0. The van der Waals surface area contributed by atoms with Crippen LogP contribution in [-0.4, -0.2) is 16.5 Å². The summed E-state index contributed by atoms with van der Waals surface area (Å²) in [4.78, 5) is 8.89. The molecule has 2 aliphatic rings. The molecule has 0 bridgehead atoms. The van der Waals surface area contributed by atoms with Gasteiger partial charge in [-0.05, 0) is 50.4 Å². The molecule has 2 aliphatic carbocycles. The van der Waals surface area contributed by atoms with E-state index in [0.29, 0.717) is 5.41 Å². The maximum absolute atomic E-state index is 4.47. The molecule has 0 amide bonds. The third kappa shape index (κ3) is 2.11. The molecule has 0 saturated heterocycles. The van der Waals surface area contributed by atoms with Crippen LogP contribution in [0.25, 0.3) is 0 Å². The van der Waals surface area contributed by atoms with Gasteiger partial charge in [0.25, 0.3) is 0 Å². The molecule has 0 radical (unpaired) electrons. The molecule has 0 aliphatic heterocycles. The fourth-order valence-corrected chi connectivity index (χ4v) is 3.28. The van der Waals surface area contributed by atoms with Crippen molar-refractivity contribution in [3.63, 3.8) is 0 Å². The minimum Gasteiger partial charge on any atom is -0.369 e. The van der Waals surface area contributed by atoms with Crippen LogP contribution in [-0.2, 0) is 12.8 Å². The number of aromatic nitrogens is 2. The normalized spacial score (nSPS) is 20.9. The Balaban J connectivity index is 1.72. The molecular formula is C15H23N3. The number of nitrogens with one attached hydrogen (secondary N) is 1. The van der Waals surface area contributed by atoms with Crippen molar-refractivity contribution in [2.75, 3.05) is 11.9 Å². The molecule has 0 aromatic carbocycles. The third-order valence-electron chi connectivity index (χ3n) is 4.92. The Morgan fingerprint density at radius 3 is 2.72 bits per heavy atom. The molecule has 1 fully saturated rings. The summed E-state index contributed by atoms with van der Waals surface area (Å²) in [6.07, 6.45) is 12.0. The number of hydrogen-bond acceptors (Lipinski definition) is 3. The van der Waals surface area contributed by atoms with Gasteiger partial charge < -0.3 is 5.32 Å². The quantitative estimate of drug-likeness (QED) is 0.884. The summed E-state index contributed by atoms with van der Waals surface area (Å²) in [5, 5.41) is 3.62. The molecule has 1 heterocycles. The summed E-state index contributed by atoms with van der Waals surface area (Å²) in [6, 6.07) is 0. The first-order chi connectivity index (χ1) is 8.83. The summed E-state index contributed by atoms with van der Waals surface area (Å²) < 4.78 is 0. The van der Waals surface area contributed by atoms with Crippen molar-refractivity contribution in [2.24, 2.45) is 5.41 Å². The average Bonchev–Trinajstić information content (AvgIpc) is 2.38. The van der Waals surface area contributed by atoms with E-state index in [1.165, 1.54) is 49.8 Å². The summed E-state index contributed by atoms with van der Waals surface area (Å²) in [6.45, 7) is 3.41. The molecule has 3 nitrogen and oxygen atoms in total. The third-order valence-corrected chi connectivity index (χ3v) is 4.92. The van der Waals surface area contributed by atoms with Gasteiger partial charge in [-0.25, -0.2) is 9.97 Å². The van der Waals surface area contributed by atoms with Gasteiger partial charge >= 0.3 is 0 Å². The Labute approximate surface area is 109 Å². The van der Waals surface area contributed by atoms with Crippen LogP contribution in [0.2, 0.25) is 0 Å². The monoisotopic (exact) mass is 245 g/mol. The zero-order chi connectivity index (χ0) is 12.4. The molecule has 0 spiro atoms. The van der Waals surface area contributed by atoms with Gasteiger partial charge in [-0.15, -0.1) is 0 Å². The van der Waals surface area contributed by atoms with Gasteiger partial charge in [0.05, 0.1) is 0 Å². The Morgan fingerprint density at radius 1 is 1.17 bits per heavy atom. The van der Waals surface area contributed by atoms with E-state index < -0.39 is 0 Å². The second-order valence-electron chi connectivity index (χ2n) is 5.92. The van der Waals surface area contributed by atoms with Crippen molar-refractivity contribution in [3.05, 3.63) is 17.6 Å². The van der Waals surface area contributed by atoms with Crippen LogP contribution in [0.5, 0.6) is 0 Å². The molecule has 1 aromatic rings. The molecule has 1 saturated carbocycles. The van der Waals surface area contributed by atoms with Gasteiger partial charge in [0.1, 0.15) is 12.1 Å². The zero-order valence-corrected chi connectivity index (χ0v) is 11.3. The van der Waals surface area contributed by atoms with E-state index in [1.54, 1.807) is 6.33 Å². The average molecular weight is 245 g/mol. The van der Waals surface area contributed by atoms with Crippen LogP contribution < -0.4 is 5.32 Å². The Morgan fingerprint density at radius 2 is 2.00 bits per heavy atom. The molecule has 1 N–H and O–H groups in total. The summed E-state index contributed by atoms with van der Waals surface area (Å²) in [5.41, 5.74) is 3.21. The van der Waals surface area contributed by atoms with Crippen LogP contribution in [0.15, 0.2) is 6.33 Å². The lowest BCUT2D eigenvalue weighted by Gasteiger charge is -2.41. The molecule has 0 unspecified atom stereocenters. The highest BCUT2D eigenvalue weighted by Gasteiger charge is 2.35. The molecular weight excluding hydrogens is 222 g/mol. The number of rotatable bonds is 4. The van der Waals surface area contributed by atoms with Crippen molar-refractivity contribution in [2.45, 2.75) is 58.3 Å². The highest BCUT2D eigenvalue weighted by Crippen LogP contribution is 2.43. The number of fused-ring (bicyclic) bond motifs is 1. The minimum atomic E-state index is 0.548. The highest BCUT2D eigenvalue weighted by molar-refractivity contribution is 5.47. The Bertz CT molecular complexity index is 418. The minimum absolute atomic E-state index is 0.548. The second kappa shape index (κ2) is 4.87. The van der Waals surface area contributed by atoms with Gasteiger partial charge in [0, 0.05) is 17.8 Å². The van der Waals surface area contributed by atoms with Crippen LogP contribution in [0.1, 0.15) is 56.7 Å². The smallest absolute Gasteiger partial charge is 0.132 e. The first kappa shape index (κ1) is 11.9. The predicted octanol–water partition coefficient (Wildman–Crippen LogP) is 3.35. The van der Waals surface area contributed by atoms with Crippen LogP contribution in [0.4, 0.5) is 5.82 Å². The van der Waals surface area contributed by atoms with Gasteiger partial charge in [-0.2, -0.15) is 0 Å².